The van der Waals surface area contributed by atoms with Gasteiger partial charge in [-0.25, -0.2) is 10.2 Å². The molecule has 10 nitrogen and oxygen atoms in total. The van der Waals surface area contributed by atoms with Gasteiger partial charge in [0.15, 0.2) is 23.2 Å². The summed E-state index contributed by atoms with van der Waals surface area (Å²) in [4.78, 5) is 25.1. The molecule has 1 heterocycles. The summed E-state index contributed by atoms with van der Waals surface area (Å²) >= 11 is 5.30. The van der Waals surface area contributed by atoms with Gasteiger partial charge in [-0.2, -0.15) is 5.10 Å². The Morgan fingerprint density at radius 1 is 1.08 bits per heavy atom. The fraction of sp³-hybridized carbons (Fsp3) is 0.308. The zero-order valence-corrected chi connectivity index (χ0v) is 21.9. The summed E-state index contributed by atoms with van der Waals surface area (Å²) < 4.78 is 22.0. The fourth-order valence-electron chi connectivity index (χ4n) is 3.70. The van der Waals surface area contributed by atoms with Crippen molar-refractivity contribution in [2.75, 3.05) is 26.9 Å². The van der Waals surface area contributed by atoms with Crippen molar-refractivity contribution in [3.05, 3.63) is 64.9 Å². The van der Waals surface area contributed by atoms with E-state index in [4.69, 9.17) is 31.2 Å². The lowest BCUT2D eigenvalue weighted by atomic mass is 9.95. The van der Waals surface area contributed by atoms with Crippen molar-refractivity contribution < 1.29 is 28.5 Å². The molecular weight excluding hydrogens is 496 g/mol. The smallest absolute Gasteiger partial charge is 0.338 e. The van der Waals surface area contributed by atoms with Crippen molar-refractivity contribution in [3.8, 4) is 17.2 Å². The quantitative estimate of drug-likeness (QED) is 0.176. The number of rotatable bonds is 11. The van der Waals surface area contributed by atoms with Crippen LogP contribution in [-0.2, 0) is 14.3 Å². The van der Waals surface area contributed by atoms with Crippen LogP contribution in [0.1, 0.15) is 37.9 Å². The number of allylic oxidation sites excluding steroid dienone is 1. The van der Waals surface area contributed by atoms with Gasteiger partial charge < -0.3 is 29.6 Å². The standard InChI is InChI=1S/C26H30N4O6S/c1-5-34-24-17(10-9-13-20(24)33-4)14-27-30-21(31)15-36-19-12-8-7-11-18(19)23-22(25(32)35-6-2)16(3)28-26(37)29-23/h7-14,23H,5-6,15H2,1-4H3,(H,30,31)(H2,28,29,37)/t23-/m1/s1. The summed E-state index contributed by atoms with van der Waals surface area (Å²) in [6.45, 7) is 5.72. The van der Waals surface area contributed by atoms with E-state index in [1.165, 1.54) is 6.21 Å². The number of para-hydroxylation sites is 2. The second-order valence-electron chi connectivity index (χ2n) is 7.72. The highest BCUT2D eigenvalue weighted by Gasteiger charge is 2.32. The molecule has 0 saturated heterocycles. The number of benzene rings is 2. The van der Waals surface area contributed by atoms with E-state index in [0.717, 1.165) is 0 Å². The molecule has 0 aromatic heterocycles. The Bertz CT molecular complexity index is 1210. The van der Waals surface area contributed by atoms with Crippen LogP contribution in [0.4, 0.5) is 0 Å². The molecule has 3 rings (SSSR count). The molecule has 0 radical (unpaired) electrons. The van der Waals surface area contributed by atoms with E-state index in [1.54, 1.807) is 57.4 Å². The molecule has 0 aliphatic carbocycles. The van der Waals surface area contributed by atoms with Crippen LogP contribution in [0.2, 0.25) is 0 Å². The topological polar surface area (TPSA) is 120 Å². The fourth-order valence-corrected chi connectivity index (χ4v) is 3.97. The minimum absolute atomic E-state index is 0.230. The molecule has 0 fully saturated rings. The Labute approximate surface area is 221 Å². The van der Waals surface area contributed by atoms with Crippen molar-refractivity contribution in [1.82, 2.24) is 16.1 Å². The Kier molecular flexibility index (Phi) is 9.84. The Hall–Kier alpha value is -4.12. The Morgan fingerprint density at radius 3 is 2.57 bits per heavy atom. The maximum Gasteiger partial charge on any atom is 0.338 e. The van der Waals surface area contributed by atoms with E-state index < -0.39 is 17.9 Å². The highest BCUT2D eigenvalue weighted by atomic mass is 32.1. The molecule has 196 valence electrons. The van der Waals surface area contributed by atoms with E-state index in [9.17, 15) is 9.59 Å². The van der Waals surface area contributed by atoms with Crippen LogP contribution in [0.15, 0.2) is 58.8 Å². The summed E-state index contributed by atoms with van der Waals surface area (Å²) in [5.74, 6) is 0.555. The maximum atomic E-state index is 12.7. The normalized spacial score (nSPS) is 15.0. The summed E-state index contributed by atoms with van der Waals surface area (Å²) in [6, 6.07) is 11.8. The number of carbonyl (C=O) groups excluding carboxylic acids is 2. The third-order valence-corrected chi connectivity index (χ3v) is 5.48. The molecule has 1 amide bonds. The average molecular weight is 527 g/mol. The number of hydrogen-bond donors (Lipinski definition) is 3. The van der Waals surface area contributed by atoms with Gasteiger partial charge in [-0.15, -0.1) is 0 Å². The van der Waals surface area contributed by atoms with Gasteiger partial charge in [-0.3, -0.25) is 4.79 Å². The minimum Gasteiger partial charge on any atom is -0.493 e. The number of nitrogens with one attached hydrogen (secondary N) is 3. The third-order valence-electron chi connectivity index (χ3n) is 5.26. The molecule has 0 unspecified atom stereocenters. The van der Waals surface area contributed by atoms with E-state index in [-0.39, 0.29) is 13.2 Å². The highest BCUT2D eigenvalue weighted by molar-refractivity contribution is 7.80. The predicted molar refractivity (Wildman–Crippen MR) is 143 cm³/mol. The summed E-state index contributed by atoms with van der Waals surface area (Å²) in [7, 11) is 1.55. The van der Waals surface area contributed by atoms with Gasteiger partial charge in [0.2, 0.25) is 0 Å². The zero-order chi connectivity index (χ0) is 26.8. The van der Waals surface area contributed by atoms with Crippen LogP contribution in [0.5, 0.6) is 17.2 Å². The molecule has 1 aliphatic heterocycles. The number of esters is 1. The van der Waals surface area contributed by atoms with Crippen LogP contribution >= 0.6 is 12.2 Å². The molecule has 0 saturated carbocycles. The van der Waals surface area contributed by atoms with Crippen molar-refractivity contribution >= 4 is 35.4 Å². The second kappa shape index (κ2) is 13.3. The molecule has 1 aliphatic rings. The lowest BCUT2D eigenvalue weighted by Gasteiger charge is -2.30. The average Bonchev–Trinajstić information content (AvgIpc) is 2.88. The number of amides is 1. The van der Waals surface area contributed by atoms with Crippen molar-refractivity contribution in [1.29, 1.82) is 0 Å². The largest absolute Gasteiger partial charge is 0.493 e. The van der Waals surface area contributed by atoms with Crippen molar-refractivity contribution in [2.45, 2.75) is 26.8 Å². The minimum atomic E-state index is -0.616. The van der Waals surface area contributed by atoms with Gasteiger partial charge >= 0.3 is 5.97 Å². The number of hydrogen-bond acceptors (Lipinski definition) is 8. The number of thiocarbonyl (C=S) groups is 1. The van der Waals surface area contributed by atoms with Crippen LogP contribution in [0.3, 0.4) is 0 Å². The Morgan fingerprint density at radius 2 is 1.84 bits per heavy atom. The number of ether oxygens (including phenoxy) is 4. The van der Waals surface area contributed by atoms with Gasteiger partial charge in [0.05, 0.1) is 38.2 Å². The van der Waals surface area contributed by atoms with Crippen LogP contribution in [0, 0.1) is 0 Å². The van der Waals surface area contributed by atoms with Gasteiger partial charge in [-0.05, 0) is 51.2 Å². The van der Waals surface area contributed by atoms with Gasteiger partial charge in [0.25, 0.3) is 5.91 Å². The van der Waals surface area contributed by atoms with Crippen molar-refractivity contribution in [2.24, 2.45) is 5.10 Å². The number of hydrazone groups is 1. The lowest BCUT2D eigenvalue weighted by molar-refractivity contribution is -0.139. The first-order valence-electron chi connectivity index (χ1n) is 11.7. The van der Waals surface area contributed by atoms with Crippen LogP contribution in [0.25, 0.3) is 0 Å². The maximum absolute atomic E-state index is 12.7. The molecule has 0 spiro atoms. The number of methoxy groups -OCH3 is 1. The molecule has 0 bridgehead atoms. The van der Waals surface area contributed by atoms with Crippen molar-refractivity contribution in [3.63, 3.8) is 0 Å². The predicted octanol–water partition coefficient (Wildman–Crippen LogP) is 2.98. The van der Waals surface area contributed by atoms with Gasteiger partial charge in [-0.1, -0.05) is 24.3 Å². The molecule has 11 heteroatoms. The lowest BCUT2D eigenvalue weighted by Crippen LogP contribution is -2.45. The zero-order valence-electron chi connectivity index (χ0n) is 21.1. The molecule has 1 atom stereocenters. The summed E-state index contributed by atoms with van der Waals surface area (Å²) in [6.07, 6.45) is 1.47. The molecule has 2 aromatic carbocycles. The Balaban J connectivity index is 1.72. The second-order valence-corrected chi connectivity index (χ2v) is 8.13. The van der Waals surface area contributed by atoms with E-state index >= 15 is 0 Å². The monoisotopic (exact) mass is 526 g/mol. The summed E-state index contributed by atoms with van der Waals surface area (Å²) in [5.41, 5.74) is 4.68. The molecule has 3 N–H and O–H groups in total. The highest BCUT2D eigenvalue weighted by Crippen LogP contribution is 2.33. The first kappa shape index (κ1) is 27.5. The van der Waals surface area contributed by atoms with E-state index in [1.807, 2.05) is 13.0 Å². The van der Waals surface area contributed by atoms with Gasteiger partial charge in [0.1, 0.15) is 5.75 Å². The molecule has 2 aromatic rings. The van der Waals surface area contributed by atoms with Gasteiger partial charge in [0, 0.05) is 16.8 Å². The SMILES string of the molecule is CCOC(=O)C1=C(C)NC(=S)N[C@@H]1c1ccccc1OCC(=O)NN=Cc1cccc(OC)c1OCC. The molecular formula is C26H30N4O6S. The first-order chi connectivity index (χ1) is 17.9. The third kappa shape index (κ3) is 6.98. The van der Waals surface area contributed by atoms with E-state index in [2.05, 4.69) is 21.2 Å². The van der Waals surface area contributed by atoms with Crippen LogP contribution < -0.4 is 30.3 Å². The van der Waals surface area contributed by atoms with E-state index in [0.29, 0.717) is 51.4 Å². The molecule has 37 heavy (non-hydrogen) atoms. The number of carbonyl (C=O) groups is 2. The van der Waals surface area contributed by atoms with Crippen LogP contribution in [-0.4, -0.2) is 50.1 Å². The summed E-state index contributed by atoms with van der Waals surface area (Å²) in [5, 5.41) is 10.4. The first-order valence-corrected chi connectivity index (χ1v) is 12.1. The number of nitrogens with zero attached hydrogens (tertiary/aromatic N) is 1.